The molecule has 17 nitrogen and oxygen atoms in total. The Morgan fingerprint density at radius 1 is 0.333 bits per heavy atom. The smallest absolute Gasteiger partial charge is 0.462 e. The summed E-state index contributed by atoms with van der Waals surface area (Å²) in [5.74, 6) is -0.596. The topological polar surface area (TPSA) is 237 Å². The molecule has 0 aromatic rings. The van der Waals surface area contributed by atoms with Crippen molar-refractivity contribution in [1.82, 2.24) is 0 Å². The van der Waals surface area contributed by atoms with Crippen molar-refractivity contribution in [2.45, 2.75) is 374 Å². The van der Waals surface area contributed by atoms with E-state index in [-0.39, 0.29) is 25.7 Å². The molecule has 5 atom stereocenters. The van der Waals surface area contributed by atoms with Gasteiger partial charge < -0.3 is 33.8 Å². The molecule has 0 amide bonds. The van der Waals surface area contributed by atoms with E-state index in [9.17, 15) is 43.2 Å². The van der Waals surface area contributed by atoms with E-state index in [1.807, 2.05) is 0 Å². The van der Waals surface area contributed by atoms with E-state index in [0.29, 0.717) is 25.7 Å². The summed E-state index contributed by atoms with van der Waals surface area (Å²) in [5, 5.41) is 10.6. The number of ether oxygens (including phenoxy) is 4. The summed E-state index contributed by atoms with van der Waals surface area (Å²) in [6, 6.07) is 0. The standard InChI is InChI=1S/C74H140O17P2/c1-7-9-11-13-15-17-18-19-20-21-29-34-40-46-52-58-73(78)91-70(63-85-72(77)57-51-45-39-33-28-24-22-26-31-36-42-48-54-66(3)4)65-89-93(82,83)87-61-68(75)60-86-92(80,81)88-64-69(62-84-71(76)56-50-44-38-16-14-12-10-8-2)90-74(79)59-53-47-41-35-30-25-23-27-32-37-43-49-55-67(5)6/h17-20,66-70,75H,7-16,21-65H2,1-6H3,(H,80,81)(H,82,83)/b18-17-,20-19-/t68-,69+,70+/m0/s1. The van der Waals surface area contributed by atoms with Gasteiger partial charge in [0.2, 0.25) is 0 Å². The molecule has 2 unspecified atom stereocenters. The van der Waals surface area contributed by atoms with Gasteiger partial charge in [0.25, 0.3) is 0 Å². The average Bonchev–Trinajstić information content (AvgIpc) is 1.86. The molecule has 19 heteroatoms. The molecule has 548 valence electrons. The number of aliphatic hydroxyl groups excluding tert-OH is 1. The third-order valence-corrected chi connectivity index (χ3v) is 18.5. The van der Waals surface area contributed by atoms with Crippen LogP contribution in [0.5, 0.6) is 0 Å². The fraction of sp³-hybridized carbons (Fsp3) is 0.892. The highest BCUT2D eigenvalue weighted by atomic mass is 31.2. The van der Waals surface area contributed by atoms with E-state index in [1.54, 1.807) is 0 Å². The minimum absolute atomic E-state index is 0.0850. The molecule has 0 saturated heterocycles. The lowest BCUT2D eigenvalue weighted by Crippen LogP contribution is -2.30. The first-order chi connectivity index (χ1) is 44.9. The fourth-order valence-corrected chi connectivity index (χ4v) is 12.3. The highest BCUT2D eigenvalue weighted by molar-refractivity contribution is 7.47. The number of esters is 4. The van der Waals surface area contributed by atoms with Crippen LogP contribution in [0.25, 0.3) is 0 Å². The zero-order valence-electron chi connectivity index (χ0n) is 60.0. The lowest BCUT2D eigenvalue weighted by Gasteiger charge is -2.21. The number of hydrogen-bond acceptors (Lipinski definition) is 15. The molecule has 0 fully saturated rings. The van der Waals surface area contributed by atoms with Gasteiger partial charge in [-0.05, 0) is 63.2 Å². The van der Waals surface area contributed by atoms with Gasteiger partial charge in [-0.25, -0.2) is 9.13 Å². The van der Waals surface area contributed by atoms with Crippen LogP contribution in [-0.4, -0.2) is 96.7 Å². The second kappa shape index (κ2) is 65.5. The molecule has 0 saturated carbocycles. The van der Waals surface area contributed by atoms with Crippen LogP contribution >= 0.6 is 15.6 Å². The minimum Gasteiger partial charge on any atom is -0.462 e. The molecule has 93 heavy (non-hydrogen) atoms. The van der Waals surface area contributed by atoms with Crippen molar-refractivity contribution in [3.05, 3.63) is 24.3 Å². The van der Waals surface area contributed by atoms with Gasteiger partial charge in [0.1, 0.15) is 19.3 Å². The van der Waals surface area contributed by atoms with Crippen molar-refractivity contribution in [3.8, 4) is 0 Å². The molecule has 3 N–H and O–H groups in total. The summed E-state index contributed by atoms with van der Waals surface area (Å²) in [6.45, 7) is 9.51. The minimum atomic E-state index is -4.96. The van der Waals surface area contributed by atoms with E-state index in [4.69, 9.17) is 37.0 Å². The molecule has 0 spiro atoms. The Morgan fingerprint density at radius 2 is 0.581 bits per heavy atom. The van der Waals surface area contributed by atoms with Crippen molar-refractivity contribution >= 4 is 39.5 Å². The first kappa shape index (κ1) is 90.5. The quantitative estimate of drug-likeness (QED) is 0.0169. The van der Waals surface area contributed by atoms with Gasteiger partial charge in [-0.2, -0.15) is 0 Å². The van der Waals surface area contributed by atoms with Crippen LogP contribution in [0.2, 0.25) is 0 Å². The second-order valence-electron chi connectivity index (χ2n) is 27.0. The van der Waals surface area contributed by atoms with Gasteiger partial charge in [-0.1, -0.05) is 303 Å². The monoisotopic (exact) mass is 1360 g/mol. The number of hydrogen-bond donors (Lipinski definition) is 3. The molecule has 0 aliphatic carbocycles. The van der Waals surface area contributed by atoms with Crippen molar-refractivity contribution < 1.29 is 80.2 Å². The highest BCUT2D eigenvalue weighted by Crippen LogP contribution is 2.45. The van der Waals surface area contributed by atoms with Crippen LogP contribution < -0.4 is 0 Å². The molecular weight excluding hydrogens is 1220 g/mol. The second-order valence-corrected chi connectivity index (χ2v) is 29.9. The Kier molecular flexibility index (Phi) is 63.7. The SMILES string of the molecule is CCCCCC/C=C\C=C/CCCCCCCC(=O)O[C@H](COC(=O)CCCCCCCCCCCCCCC(C)C)COP(=O)(O)OC[C@@H](O)COP(=O)(O)OC[C@@H](COC(=O)CCCCCCCCCC)OC(=O)CCCCCCCCCCCCCCC(C)C. The molecule has 0 aliphatic rings. The number of phosphoric acid groups is 2. The molecular formula is C74H140O17P2. The Morgan fingerprint density at radius 3 is 0.882 bits per heavy atom. The summed E-state index contributed by atoms with van der Waals surface area (Å²) in [7, 11) is -9.92. The number of phosphoric ester groups is 2. The lowest BCUT2D eigenvalue weighted by molar-refractivity contribution is -0.161. The predicted octanol–water partition coefficient (Wildman–Crippen LogP) is 21.1. The molecule has 0 aromatic heterocycles. The van der Waals surface area contributed by atoms with Crippen molar-refractivity contribution in [3.63, 3.8) is 0 Å². The zero-order valence-corrected chi connectivity index (χ0v) is 61.8. The predicted molar refractivity (Wildman–Crippen MR) is 377 cm³/mol. The van der Waals surface area contributed by atoms with E-state index in [0.717, 1.165) is 121 Å². The van der Waals surface area contributed by atoms with Crippen LogP contribution in [0.3, 0.4) is 0 Å². The maximum atomic E-state index is 13.0. The molecule has 0 bridgehead atoms. The van der Waals surface area contributed by atoms with Gasteiger partial charge in [0, 0.05) is 25.7 Å². The molecule has 0 aliphatic heterocycles. The summed E-state index contributed by atoms with van der Waals surface area (Å²) in [5.41, 5.74) is 0. The van der Waals surface area contributed by atoms with Crippen molar-refractivity contribution in [2.24, 2.45) is 11.8 Å². The largest absolute Gasteiger partial charge is 0.472 e. The normalized spacial score (nSPS) is 14.2. The summed E-state index contributed by atoms with van der Waals surface area (Å²) >= 11 is 0. The Labute approximate surface area is 567 Å². The summed E-state index contributed by atoms with van der Waals surface area (Å²) < 4.78 is 68.3. The summed E-state index contributed by atoms with van der Waals surface area (Å²) in [6.07, 6.45) is 54.9. The number of unbranched alkanes of at least 4 members (excludes halogenated alkanes) is 38. The van der Waals surface area contributed by atoms with Crippen LogP contribution in [0, 0.1) is 11.8 Å². The maximum Gasteiger partial charge on any atom is 0.472 e. The van der Waals surface area contributed by atoms with Crippen LogP contribution in [0.1, 0.15) is 356 Å². The van der Waals surface area contributed by atoms with Gasteiger partial charge in [-0.15, -0.1) is 0 Å². The number of carbonyl (C=O) groups excluding carboxylic acids is 4. The third kappa shape index (κ3) is 67.9. The van der Waals surface area contributed by atoms with Crippen LogP contribution in [-0.2, 0) is 65.4 Å². The summed E-state index contributed by atoms with van der Waals surface area (Å²) in [4.78, 5) is 72.6. The lowest BCUT2D eigenvalue weighted by atomic mass is 10.0. The van der Waals surface area contributed by atoms with Gasteiger partial charge in [0.15, 0.2) is 12.2 Å². The molecule has 0 aromatic carbocycles. The first-order valence-electron chi connectivity index (χ1n) is 37.8. The Balaban J connectivity index is 5.26. The highest BCUT2D eigenvalue weighted by Gasteiger charge is 2.30. The first-order valence-corrected chi connectivity index (χ1v) is 40.8. The molecule has 0 rings (SSSR count). The maximum absolute atomic E-state index is 13.0. The Bertz CT molecular complexity index is 1900. The van der Waals surface area contributed by atoms with Gasteiger partial charge >= 0.3 is 39.5 Å². The molecule has 0 radical (unpaired) electrons. The fourth-order valence-electron chi connectivity index (χ4n) is 10.8. The Hall–Kier alpha value is -2.46. The van der Waals surface area contributed by atoms with Gasteiger partial charge in [0.05, 0.1) is 26.4 Å². The van der Waals surface area contributed by atoms with Crippen molar-refractivity contribution in [1.29, 1.82) is 0 Å². The van der Waals surface area contributed by atoms with E-state index >= 15 is 0 Å². The third-order valence-electron chi connectivity index (χ3n) is 16.6. The van der Waals surface area contributed by atoms with E-state index in [1.165, 1.54) is 154 Å². The van der Waals surface area contributed by atoms with E-state index in [2.05, 4.69) is 65.8 Å². The van der Waals surface area contributed by atoms with Crippen LogP contribution in [0.4, 0.5) is 0 Å². The van der Waals surface area contributed by atoms with Gasteiger partial charge in [-0.3, -0.25) is 37.3 Å². The van der Waals surface area contributed by atoms with Crippen LogP contribution in [0.15, 0.2) is 24.3 Å². The van der Waals surface area contributed by atoms with E-state index < -0.39 is 97.5 Å². The zero-order chi connectivity index (χ0) is 68.6. The molecule has 0 heterocycles. The number of allylic oxidation sites excluding steroid dienone is 4. The average molecular weight is 1360 g/mol. The van der Waals surface area contributed by atoms with Crippen molar-refractivity contribution in [2.75, 3.05) is 39.6 Å². The number of aliphatic hydroxyl groups is 1. The number of carbonyl (C=O) groups is 4. The number of rotatable bonds is 71.